The summed E-state index contributed by atoms with van der Waals surface area (Å²) in [6.07, 6.45) is 2.25. The van der Waals surface area contributed by atoms with E-state index in [1.54, 1.807) is 29.2 Å². The summed E-state index contributed by atoms with van der Waals surface area (Å²) < 4.78 is 32.7. The number of benzene rings is 1. The van der Waals surface area contributed by atoms with Crippen molar-refractivity contribution >= 4 is 21.9 Å². The zero-order valence-electron chi connectivity index (χ0n) is 14.6. The lowest BCUT2D eigenvalue weighted by Crippen LogP contribution is -2.48. The summed E-state index contributed by atoms with van der Waals surface area (Å²) >= 11 is 0. The number of hydrogen-bond acceptors (Lipinski definition) is 6. The van der Waals surface area contributed by atoms with Crippen LogP contribution in [0.3, 0.4) is 0 Å². The smallest absolute Gasteiger partial charge is 0.409 e. The van der Waals surface area contributed by atoms with E-state index in [9.17, 15) is 18.0 Å². The van der Waals surface area contributed by atoms with Crippen LogP contribution in [0.2, 0.25) is 0 Å². The Hall–Kier alpha value is -2.09. The van der Waals surface area contributed by atoms with E-state index in [1.165, 1.54) is 14.2 Å². The number of carbonyl (C=O) groups excluding carboxylic acids is 2. The standard InChI is InChI=1S/C17H23NO6S/c1-23-16(19)13-8-9-18(17(20)24-2)14(11-13)10-12-4-6-15(7-5-12)25(3,21)22/h4-7,13-14H,8-11H2,1-3H3. The number of amides is 1. The largest absolute Gasteiger partial charge is 0.469 e. The number of esters is 1. The van der Waals surface area contributed by atoms with Crippen LogP contribution in [-0.2, 0) is 30.5 Å². The molecular formula is C17H23NO6S. The summed E-state index contributed by atoms with van der Waals surface area (Å²) in [4.78, 5) is 25.7. The minimum absolute atomic E-state index is 0.214. The first-order valence-corrected chi connectivity index (χ1v) is 9.86. The van der Waals surface area contributed by atoms with Crippen LogP contribution in [0.25, 0.3) is 0 Å². The fourth-order valence-corrected chi connectivity index (χ4v) is 3.76. The molecule has 0 bridgehead atoms. The average molecular weight is 369 g/mol. The fraction of sp³-hybridized carbons (Fsp3) is 0.529. The number of rotatable bonds is 4. The van der Waals surface area contributed by atoms with E-state index in [1.807, 2.05) is 0 Å². The molecule has 0 aromatic heterocycles. The Morgan fingerprint density at radius 1 is 1.16 bits per heavy atom. The number of sulfone groups is 1. The molecule has 0 spiro atoms. The van der Waals surface area contributed by atoms with E-state index < -0.39 is 15.9 Å². The molecule has 1 amide bonds. The third-order valence-corrected chi connectivity index (χ3v) is 5.61. The summed E-state index contributed by atoms with van der Waals surface area (Å²) in [5, 5.41) is 0. The van der Waals surface area contributed by atoms with Gasteiger partial charge in [-0.2, -0.15) is 0 Å². The Morgan fingerprint density at radius 2 is 1.80 bits per heavy atom. The molecule has 1 saturated heterocycles. The molecule has 1 fully saturated rings. The quantitative estimate of drug-likeness (QED) is 0.750. The maximum absolute atomic E-state index is 12.0. The van der Waals surface area contributed by atoms with Crippen LogP contribution < -0.4 is 0 Å². The number of piperidine rings is 1. The number of ether oxygens (including phenoxy) is 2. The van der Waals surface area contributed by atoms with Gasteiger partial charge in [-0.1, -0.05) is 12.1 Å². The molecule has 1 aliphatic rings. The van der Waals surface area contributed by atoms with Gasteiger partial charge in [0.2, 0.25) is 0 Å². The Morgan fingerprint density at radius 3 is 2.32 bits per heavy atom. The first kappa shape index (κ1) is 19.2. The van der Waals surface area contributed by atoms with Crippen molar-refractivity contribution in [1.29, 1.82) is 0 Å². The van der Waals surface area contributed by atoms with E-state index in [0.29, 0.717) is 25.8 Å². The molecule has 1 aliphatic heterocycles. The third kappa shape index (κ3) is 4.72. The molecule has 0 aliphatic carbocycles. The highest BCUT2D eigenvalue weighted by molar-refractivity contribution is 7.90. The second-order valence-corrected chi connectivity index (χ2v) is 8.20. The second-order valence-electron chi connectivity index (χ2n) is 6.18. The number of carbonyl (C=O) groups is 2. The normalized spacial score (nSPS) is 20.8. The van der Waals surface area contributed by atoms with Gasteiger partial charge in [0.1, 0.15) is 0 Å². The van der Waals surface area contributed by atoms with Gasteiger partial charge in [0.05, 0.1) is 25.0 Å². The number of hydrogen-bond donors (Lipinski definition) is 0. The molecule has 2 atom stereocenters. The summed E-state index contributed by atoms with van der Waals surface area (Å²) in [5.41, 5.74) is 0.886. The third-order valence-electron chi connectivity index (χ3n) is 4.48. The van der Waals surface area contributed by atoms with E-state index in [4.69, 9.17) is 9.47 Å². The number of methoxy groups -OCH3 is 2. The Bertz CT molecular complexity index is 728. The van der Waals surface area contributed by atoms with Gasteiger partial charge in [-0.15, -0.1) is 0 Å². The van der Waals surface area contributed by atoms with Gasteiger partial charge in [0.15, 0.2) is 9.84 Å². The Balaban J connectivity index is 2.18. The van der Waals surface area contributed by atoms with Gasteiger partial charge in [-0.3, -0.25) is 4.79 Å². The van der Waals surface area contributed by atoms with Crippen molar-refractivity contribution in [2.24, 2.45) is 5.92 Å². The van der Waals surface area contributed by atoms with Crippen molar-refractivity contribution in [3.63, 3.8) is 0 Å². The van der Waals surface area contributed by atoms with Crippen molar-refractivity contribution in [3.8, 4) is 0 Å². The van der Waals surface area contributed by atoms with Crippen molar-refractivity contribution in [2.45, 2.75) is 30.2 Å². The minimum atomic E-state index is -3.25. The van der Waals surface area contributed by atoms with E-state index >= 15 is 0 Å². The molecule has 1 heterocycles. The van der Waals surface area contributed by atoms with Crippen LogP contribution in [0, 0.1) is 5.92 Å². The molecule has 0 saturated carbocycles. The highest BCUT2D eigenvalue weighted by Gasteiger charge is 2.35. The lowest BCUT2D eigenvalue weighted by atomic mass is 9.88. The van der Waals surface area contributed by atoms with Crippen LogP contribution in [-0.4, -0.2) is 58.4 Å². The van der Waals surface area contributed by atoms with Gasteiger partial charge in [-0.25, -0.2) is 13.2 Å². The first-order chi connectivity index (χ1) is 11.8. The molecule has 25 heavy (non-hydrogen) atoms. The maximum Gasteiger partial charge on any atom is 0.409 e. The van der Waals surface area contributed by atoms with Gasteiger partial charge in [0.25, 0.3) is 0 Å². The van der Waals surface area contributed by atoms with Crippen LogP contribution in [0.4, 0.5) is 4.79 Å². The van der Waals surface area contributed by atoms with E-state index in [0.717, 1.165) is 11.8 Å². The van der Waals surface area contributed by atoms with Gasteiger partial charge < -0.3 is 14.4 Å². The highest BCUT2D eigenvalue weighted by Crippen LogP contribution is 2.27. The summed E-state index contributed by atoms with van der Waals surface area (Å²) in [5.74, 6) is -0.534. The molecule has 1 aromatic carbocycles. The second kappa shape index (κ2) is 7.86. The monoisotopic (exact) mass is 369 g/mol. The molecule has 7 nitrogen and oxygen atoms in total. The van der Waals surface area contributed by atoms with Gasteiger partial charge in [0, 0.05) is 18.8 Å². The molecule has 8 heteroatoms. The zero-order chi connectivity index (χ0) is 18.6. The maximum atomic E-state index is 12.0. The van der Waals surface area contributed by atoms with Gasteiger partial charge in [-0.05, 0) is 37.0 Å². The number of nitrogens with zero attached hydrogens (tertiary/aromatic N) is 1. The number of likely N-dealkylation sites (tertiary alicyclic amines) is 1. The molecule has 2 rings (SSSR count). The molecule has 0 radical (unpaired) electrons. The van der Waals surface area contributed by atoms with Gasteiger partial charge >= 0.3 is 12.1 Å². The summed E-state index contributed by atoms with van der Waals surface area (Å²) in [7, 11) is -0.569. The highest BCUT2D eigenvalue weighted by atomic mass is 32.2. The topological polar surface area (TPSA) is 90.0 Å². The summed E-state index contributed by atoms with van der Waals surface area (Å²) in [6, 6.07) is 6.34. The zero-order valence-corrected chi connectivity index (χ0v) is 15.4. The molecule has 138 valence electrons. The molecule has 0 N–H and O–H groups in total. The van der Waals surface area contributed by atoms with Crippen LogP contribution in [0.1, 0.15) is 18.4 Å². The van der Waals surface area contributed by atoms with Crippen LogP contribution >= 0.6 is 0 Å². The molecular weight excluding hydrogens is 346 g/mol. The molecule has 1 aromatic rings. The Kier molecular flexibility index (Phi) is 6.05. The molecule has 2 unspecified atom stereocenters. The SMILES string of the molecule is COC(=O)C1CCN(C(=O)OC)C(Cc2ccc(S(C)(=O)=O)cc2)C1. The Labute approximate surface area is 147 Å². The van der Waals surface area contributed by atoms with Crippen molar-refractivity contribution < 1.29 is 27.5 Å². The first-order valence-electron chi connectivity index (χ1n) is 7.97. The van der Waals surface area contributed by atoms with Crippen molar-refractivity contribution in [1.82, 2.24) is 4.90 Å². The lowest BCUT2D eigenvalue weighted by molar-refractivity contribution is -0.147. The predicted molar refractivity (Wildman–Crippen MR) is 90.9 cm³/mol. The van der Waals surface area contributed by atoms with Crippen LogP contribution in [0.15, 0.2) is 29.2 Å². The summed E-state index contributed by atoms with van der Waals surface area (Å²) in [6.45, 7) is 0.415. The van der Waals surface area contributed by atoms with Crippen LogP contribution in [0.5, 0.6) is 0 Å². The van der Waals surface area contributed by atoms with E-state index in [-0.39, 0.29) is 22.8 Å². The van der Waals surface area contributed by atoms with Crippen molar-refractivity contribution in [2.75, 3.05) is 27.0 Å². The van der Waals surface area contributed by atoms with E-state index in [2.05, 4.69) is 0 Å². The minimum Gasteiger partial charge on any atom is -0.469 e. The predicted octanol–water partition coefficient (Wildman–Crippen LogP) is 1.65. The lowest BCUT2D eigenvalue weighted by Gasteiger charge is -2.37. The average Bonchev–Trinajstić information content (AvgIpc) is 2.60. The fourth-order valence-electron chi connectivity index (χ4n) is 3.13. The van der Waals surface area contributed by atoms with Crippen molar-refractivity contribution in [3.05, 3.63) is 29.8 Å².